The van der Waals surface area contributed by atoms with E-state index in [1.807, 2.05) is 29.6 Å². The largest absolute Gasteiger partial charge is 0.493 e. The van der Waals surface area contributed by atoms with E-state index in [1.165, 1.54) is 0 Å². The average molecular weight is 367 g/mol. The van der Waals surface area contributed by atoms with Crippen molar-refractivity contribution in [2.24, 2.45) is 0 Å². The fourth-order valence-corrected chi connectivity index (χ4v) is 2.72. The van der Waals surface area contributed by atoms with E-state index >= 15 is 0 Å². The summed E-state index contributed by atoms with van der Waals surface area (Å²) in [6, 6.07) is 7.74. The van der Waals surface area contributed by atoms with Crippen LogP contribution in [0.3, 0.4) is 0 Å². The molecule has 0 unspecified atom stereocenters. The third-order valence-corrected chi connectivity index (χ3v) is 4.24. The van der Waals surface area contributed by atoms with E-state index in [-0.39, 0.29) is 0 Å². The third-order valence-electron chi connectivity index (χ3n) is 2.72. The zero-order valence-electron chi connectivity index (χ0n) is 11.8. The minimum absolute atomic E-state index is 0.388. The van der Waals surface area contributed by atoms with Gasteiger partial charge >= 0.3 is 0 Å². The molecule has 0 fully saturated rings. The fourth-order valence-electron chi connectivity index (χ4n) is 1.69. The maximum Gasteiger partial charge on any atom is 0.161 e. The topological polar surface area (TPSA) is 27.7 Å². The summed E-state index contributed by atoms with van der Waals surface area (Å²) in [6.45, 7) is 0.846. The first kappa shape index (κ1) is 15.9. The van der Waals surface area contributed by atoms with Gasteiger partial charge in [-0.2, -0.15) is 0 Å². The second-order valence-corrected chi connectivity index (χ2v) is 5.87. The molecule has 0 saturated carbocycles. The van der Waals surface area contributed by atoms with Crippen LogP contribution in [0.5, 0.6) is 11.5 Å². The lowest BCUT2D eigenvalue weighted by molar-refractivity contribution is 0.152. The first-order valence-electron chi connectivity index (χ1n) is 6.25. The molecule has 2 rings (SSSR count). The molecule has 0 aliphatic heterocycles. The van der Waals surface area contributed by atoms with Crippen LogP contribution in [0.25, 0.3) is 0 Å². The maximum atomic E-state index is 5.58. The molecule has 110 valence electrons. The third kappa shape index (κ3) is 4.50. The van der Waals surface area contributed by atoms with Gasteiger partial charge in [0.2, 0.25) is 0 Å². The Labute approximate surface area is 137 Å². The first-order valence-corrected chi connectivity index (χ1v) is 7.92. The molecule has 21 heavy (non-hydrogen) atoms. The number of ether oxygens (including phenoxy) is 3. The molecule has 0 saturated heterocycles. The Balaban J connectivity index is 1.94. The van der Waals surface area contributed by atoms with Crippen LogP contribution in [0.15, 0.2) is 34.1 Å². The Morgan fingerprint density at radius 2 is 1.95 bits per heavy atom. The Morgan fingerprint density at radius 3 is 2.62 bits per heavy atom. The number of halogens is 1. The van der Waals surface area contributed by atoms with Crippen molar-refractivity contribution < 1.29 is 14.2 Å². The molecule has 3 nitrogen and oxygen atoms in total. The van der Waals surface area contributed by atoms with Crippen molar-refractivity contribution in [3.63, 3.8) is 0 Å². The predicted molar refractivity (Wildman–Crippen MR) is 88.1 cm³/mol. The summed E-state index contributed by atoms with van der Waals surface area (Å²) in [4.78, 5) is 1.05. The van der Waals surface area contributed by atoms with Gasteiger partial charge in [0, 0.05) is 4.47 Å². The number of thiophene rings is 1. The monoisotopic (exact) mass is 366 g/mol. The highest BCUT2D eigenvalue weighted by atomic mass is 79.9. The van der Waals surface area contributed by atoms with Crippen molar-refractivity contribution in [2.75, 3.05) is 20.8 Å². The molecule has 0 bridgehead atoms. The summed E-state index contributed by atoms with van der Waals surface area (Å²) in [5, 5.41) is 2.01. The van der Waals surface area contributed by atoms with Crippen LogP contribution in [0.2, 0.25) is 0 Å². The van der Waals surface area contributed by atoms with Gasteiger partial charge in [-0.25, -0.2) is 0 Å². The summed E-state index contributed by atoms with van der Waals surface area (Å²) in [7, 11) is 3.23. The minimum atomic E-state index is 0.388. The molecule has 0 aliphatic rings. The molecule has 0 aliphatic carbocycles. The van der Waals surface area contributed by atoms with Gasteiger partial charge in [0.25, 0.3) is 0 Å². The van der Waals surface area contributed by atoms with Crippen LogP contribution in [0, 0.1) is 11.8 Å². The van der Waals surface area contributed by atoms with Crippen molar-refractivity contribution in [2.45, 2.75) is 6.61 Å². The predicted octanol–water partition coefficient (Wildman–Crippen LogP) is 4.10. The quantitative estimate of drug-likeness (QED) is 0.588. The van der Waals surface area contributed by atoms with E-state index in [0.29, 0.717) is 24.7 Å². The zero-order valence-corrected chi connectivity index (χ0v) is 14.2. The lowest BCUT2D eigenvalue weighted by atomic mass is 10.2. The summed E-state index contributed by atoms with van der Waals surface area (Å²) < 4.78 is 17.0. The van der Waals surface area contributed by atoms with Crippen molar-refractivity contribution in [3.8, 4) is 23.3 Å². The van der Waals surface area contributed by atoms with E-state index in [1.54, 1.807) is 25.6 Å². The number of rotatable bonds is 5. The Bertz CT molecular complexity index is 642. The molecule has 0 amide bonds. The SMILES string of the molecule is COc1cc(Br)c(COCC#Cc2cccs2)cc1OC. The number of methoxy groups -OCH3 is 2. The molecular formula is C16H15BrO3S. The molecule has 0 atom stereocenters. The van der Waals surface area contributed by atoms with Gasteiger partial charge < -0.3 is 14.2 Å². The van der Waals surface area contributed by atoms with Gasteiger partial charge in [-0.15, -0.1) is 11.3 Å². The zero-order chi connectivity index (χ0) is 15.1. The van der Waals surface area contributed by atoms with E-state index in [4.69, 9.17) is 14.2 Å². The molecule has 1 aromatic carbocycles. The number of hydrogen-bond acceptors (Lipinski definition) is 4. The lowest BCUT2D eigenvalue weighted by Gasteiger charge is -2.11. The Morgan fingerprint density at radius 1 is 1.19 bits per heavy atom. The van der Waals surface area contributed by atoms with Gasteiger partial charge in [0.1, 0.15) is 6.61 Å². The van der Waals surface area contributed by atoms with E-state index < -0.39 is 0 Å². The highest BCUT2D eigenvalue weighted by Gasteiger charge is 2.09. The smallest absolute Gasteiger partial charge is 0.161 e. The Kier molecular flexibility index (Phi) is 6.12. The first-order chi connectivity index (χ1) is 10.2. The van der Waals surface area contributed by atoms with Gasteiger partial charge in [-0.1, -0.05) is 33.8 Å². The van der Waals surface area contributed by atoms with Crippen LogP contribution in [-0.2, 0) is 11.3 Å². The Hall–Kier alpha value is -1.48. The van der Waals surface area contributed by atoms with Gasteiger partial charge in [-0.05, 0) is 29.1 Å². The fraction of sp³-hybridized carbons (Fsp3) is 0.250. The van der Waals surface area contributed by atoms with Crippen LogP contribution in [0.4, 0.5) is 0 Å². The highest BCUT2D eigenvalue weighted by Crippen LogP contribution is 2.33. The van der Waals surface area contributed by atoms with E-state index in [2.05, 4.69) is 27.8 Å². The van der Waals surface area contributed by atoms with Crippen LogP contribution in [-0.4, -0.2) is 20.8 Å². The summed E-state index contributed by atoms with van der Waals surface area (Å²) in [6.07, 6.45) is 0. The van der Waals surface area contributed by atoms with Crippen molar-refractivity contribution in [3.05, 3.63) is 44.6 Å². The van der Waals surface area contributed by atoms with Crippen LogP contribution >= 0.6 is 27.3 Å². The molecule has 0 spiro atoms. The normalized spacial score (nSPS) is 9.86. The molecule has 1 aromatic heterocycles. The lowest BCUT2D eigenvalue weighted by Crippen LogP contribution is -1.97. The van der Waals surface area contributed by atoms with Gasteiger partial charge in [0.05, 0.1) is 25.7 Å². The van der Waals surface area contributed by atoms with Crippen molar-refractivity contribution >= 4 is 27.3 Å². The van der Waals surface area contributed by atoms with E-state index in [0.717, 1.165) is 14.9 Å². The molecule has 2 aromatic rings. The number of hydrogen-bond donors (Lipinski definition) is 0. The summed E-state index contributed by atoms with van der Waals surface area (Å²) in [5.41, 5.74) is 0.991. The highest BCUT2D eigenvalue weighted by molar-refractivity contribution is 9.10. The average Bonchev–Trinajstić information content (AvgIpc) is 3.01. The van der Waals surface area contributed by atoms with Crippen LogP contribution in [0.1, 0.15) is 10.4 Å². The molecule has 5 heteroatoms. The second kappa shape index (κ2) is 8.08. The van der Waals surface area contributed by atoms with Crippen molar-refractivity contribution in [1.29, 1.82) is 0 Å². The van der Waals surface area contributed by atoms with Gasteiger partial charge in [-0.3, -0.25) is 0 Å². The second-order valence-electron chi connectivity index (χ2n) is 4.07. The van der Waals surface area contributed by atoms with Crippen LogP contribution < -0.4 is 9.47 Å². The maximum absolute atomic E-state index is 5.58. The molecule has 1 heterocycles. The van der Waals surface area contributed by atoms with Gasteiger partial charge in [0.15, 0.2) is 11.5 Å². The van der Waals surface area contributed by atoms with E-state index in [9.17, 15) is 0 Å². The molecular weight excluding hydrogens is 352 g/mol. The van der Waals surface area contributed by atoms with Crippen molar-refractivity contribution in [1.82, 2.24) is 0 Å². The standard InChI is InChI=1S/C16H15BrO3S/c1-18-15-9-12(14(17)10-16(15)19-2)11-20-7-3-5-13-6-4-8-21-13/h4,6,8-10H,7,11H2,1-2H3. The summed E-state index contributed by atoms with van der Waals surface area (Å²) in [5.74, 6) is 7.42. The number of benzene rings is 1. The molecule has 0 radical (unpaired) electrons. The summed E-state index contributed by atoms with van der Waals surface area (Å²) >= 11 is 5.12. The molecule has 0 N–H and O–H groups in total. The minimum Gasteiger partial charge on any atom is -0.493 e.